The van der Waals surface area contributed by atoms with Gasteiger partial charge in [0.25, 0.3) is 0 Å². The van der Waals surface area contributed by atoms with Gasteiger partial charge in [0.2, 0.25) is 11.9 Å². The van der Waals surface area contributed by atoms with Crippen LogP contribution in [-0.2, 0) is 0 Å². The maximum absolute atomic E-state index is 6.49. The van der Waals surface area contributed by atoms with Crippen molar-refractivity contribution < 1.29 is 13.3 Å². The molecule has 0 bridgehead atoms. The van der Waals surface area contributed by atoms with E-state index in [-0.39, 0.29) is 0 Å². The monoisotopic (exact) mass is 1920 g/mol. The molecule has 30 aromatic rings. The summed E-state index contributed by atoms with van der Waals surface area (Å²) in [5.74, 6) is 5.46. The van der Waals surface area contributed by atoms with E-state index in [9.17, 15) is 0 Å². The quantitative estimate of drug-likeness (QED) is 0.0953. The lowest BCUT2D eigenvalue weighted by molar-refractivity contribution is 0.669. The predicted molar refractivity (Wildman–Crippen MR) is 610 cm³/mol. The molecule has 0 spiro atoms. The van der Waals surface area contributed by atoms with Crippen LogP contribution in [0.1, 0.15) is 0 Å². The molecule has 21 aromatic carbocycles. The maximum atomic E-state index is 6.49. The van der Waals surface area contributed by atoms with Crippen molar-refractivity contribution in [3.63, 3.8) is 0 Å². The predicted octanol–water partition coefficient (Wildman–Crippen LogP) is 34.6. The molecular weight excluding hydrogens is 1840 g/mol. The molecule has 150 heavy (non-hydrogen) atoms. The minimum Gasteiger partial charge on any atom is -0.455 e. The largest absolute Gasteiger partial charge is 0.455 e. The van der Waals surface area contributed by atoms with Crippen LogP contribution in [-0.4, -0.2) is 58.6 Å². The number of furan rings is 3. The summed E-state index contributed by atoms with van der Waals surface area (Å²) in [6, 6.07) is 176. The van der Waals surface area contributed by atoms with Gasteiger partial charge >= 0.3 is 0 Å². The van der Waals surface area contributed by atoms with E-state index in [4.69, 9.17) is 58.1 Å². The third-order valence-electron chi connectivity index (χ3n) is 28.4. The van der Waals surface area contributed by atoms with Crippen LogP contribution in [0.25, 0.3) is 284 Å². The van der Waals surface area contributed by atoms with Crippen LogP contribution in [0.5, 0.6) is 0 Å². The van der Waals surface area contributed by atoms with Crippen LogP contribution in [0, 0.1) is 0 Å². The molecule has 0 aliphatic rings. The van der Waals surface area contributed by atoms with Gasteiger partial charge in [0.05, 0.1) is 38.8 Å². The second kappa shape index (κ2) is 37.0. The molecule has 0 aliphatic carbocycles. The van der Waals surface area contributed by atoms with Crippen LogP contribution in [0.3, 0.4) is 0 Å². The highest BCUT2D eigenvalue weighted by Gasteiger charge is 2.27. The molecule has 9 aromatic heterocycles. The molecule has 0 fully saturated rings. The van der Waals surface area contributed by atoms with Gasteiger partial charge in [-0.2, -0.15) is 19.9 Å². The van der Waals surface area contributed by atoms with Crippen molar-refractivity contribution >= 4 is 131 Å². The number of aromatic nitrogens is 12. The van der Waals surface area contributed by atoms with Crippen molar-refractivity contribution in [3.05, 3.63) is 510 Å². The summed E-state index contributed by atoms with van der Waals surface area (Å²) in [4.78, 5) is 45.9. The molecule has 0 saturated carbocycles. The van der Waals surface area contributed by atoms with E-state index in [2.05, 4.69) is 353 Å². The second-order valence-corrected chi connectivity index (χ2v) is 37.3. The molecule has 0 unspecified atom stereocenters. The van der Waals surface area contributed by atoms with E-state index in [1.54, 1.807) is 0 Å². The summed E-state index contributed by atoms with van der Waals surface area (Å²) in [6.45, 7) is 0. The van der Waals surface area contributed by atoms with Gasteiger partial charge < -0.3 is 17.8 Å². The topological polar surface area (TPSA) is 170 Å². The molecule has 0 radical (unpaired) electrons. The van der Waals surface area contributed by atoms with Crippen LogP contribution in [0.4, 0.5) is 0 Å². The molecule has 0 aliphatic heterocycles. The van der Waals surface area contributed by atoms with Crippen molar-refractivity contribution in [2.75, 3.05) is 0 Å². The Bertz CT molecular complexity index is 10400. The Morgan fingerprint density at radius 2 is 0.373 bits per heavy atom. The Hall–Kier alpha value is -20.6. The zero-order valence-electron chi connectivity index (χ0n) is 80.6. The molecule has 9 heterocycles. The van der Waals surface area contributed by atoms with E-state index in [1.807, 2.05) is 170 Å². The van der Waals surface area contributed by atoms with Crippen molar-refractivity contribution in [3.8, 4) is 153 Å². The zero-order valence-corrected chi connectivity index (χ0v) is 80.6. The number of hydrogen-bond acceptors (Lipinski definition) is 12. The standard InChI is InChI=1S/C51H32N4O.C45H28N4O.C39H24N4O/c1-3-13-33(14-4-1)35-25-27-36(28-26-35)49-52-50(39-18-11-17-37(31-39)34-15-5-2-6-16-34)54-51(53-49)55-45-23-9-7-19-41(45)42-30-29-38(32-46(42)55)40-21-12-22-44-43-20-8-10-24-47(43)56-48(40)44;1-3-14-29(15-4-1)43-46-44(30-16-5-2-6-17-30)48-45(47-43)37-20-8-11-24-39(37)49-38-23-10-7-18-33(38)34-27-26-31(28-40(34)49)32-21-13-22-36-35-19-9-12-25-41(35)50-42(32)36;1-3-12-25(13-4-1)37-40-38(26-14-5-2-6-15-26)42-39(41-37)43-33-20-9-7-16-29(33)30-23-22-27(24-34(30)43)28-18-11-19-32-31-17-8-10-21-35(31)44-36(28)32/h1-32H;1-28H;1-24H. The lowest BCUT2D eigenvalue weighted by Gasteiger charge is -2.15. The summed E-state index contributed by atoms with van der Waals surface area (Å²) in [5.41, 5.74) is 29.9. The first kappa shape index (κ1) is 87.3. The summed E-state index contributed by atoms with van der Waals surface area (Å²) >= 11 is 0. The van der Waals surface area contributed by atoms with Gasteiger partial charge in [-0.05, 0) is 112 Å². The van der Waals surface area contributed by atoms with Crippen LogP contribution in [0.15, 0.2) is 523 Å². The van der Waals surface area contributed by atoms with Crippen molar-refractivity contribution in [2.24, 2.45) is 0 Å². The Balaban J connectivity index is 0.000000109. The Kier molecular flexibility index (Phi) is 21.5. The Morgan fingerprint density at radius 3 is 0.767 bits per heavy atom. The number of para-hydroxylation sites is 10. The Labute approximate surface area is 859 Å². The number of hydrogen-bond donors (Lipinski definition) is 0. The third-order valence-corrected chi connectivity index (χ3v) is 28.4. The number of rotatable bonds is 15. The summed E-state index contributed by atoms with van der Waals surface area (Å²) in [6.07, 6.45) is 0. The molecule has 30 rings (SSSR count). The van der Waals surface area contributed by atoms with Crippen molar-refractivity contribution in [1.29, 1.82) is 0 Å². The van der Waals surface area contributed by atoms with E-state index in [1.165, 1.54) is 10.8 Å². The Morgan fingerprint density at radius 1 is 0.133 bits per heavy atom. The van der Waals surface area contributed by atoms with Gasteiger partial charge in [-0.15, -0.1) is 0 Å². The molecule has 15 nitrogen and oxygen atoms in total. The third kappa shape index (κ3) is 15.6. The first-order valence-electron chi connectivity index (χ1n) is 50.1. The zero-order chi connectivity index (χ0) is 99.1. The molecular formula is C135H84N12O3. The highest BCUT2D eigenvalue weighted by atomic mass is 16.3. The van der Waals surface area contributed by atoms with Crippen molar-refractivity contribution in [1.82, 2.24) is 58.6 Å². The minimum absolute atomic E-state index is 0.549. The van der Waals surface area contributed by atoms with Gasteiger partial charge in [-0.25, -0.2) is 24.9 Å². The number of fused-ring (bicyclic) bond motifs is 18. The van der Waals surface area contributed by atoms with Crippen LogP contribution < -0.4 is 0 Å². The normalized spacial score (nSPS) is 11.6. The fourth-order valence-corrected chi connectivity index (χ4v) is 21.3. The molecule has 0 atom stereocenters. The molecule has 0 amide bonds. The smallest absolute Gasteiger partial charge is 0.238 e. The lowest BCUT2D eigenvalue weighted by Crippen LogP contribution is -2.06. The average molecular weight is 1920 g/mol. The number of benzene rings is 21. The van der Waals surface area contributed by atoms with Gasteiger partial charge in [0, 0.05) is 120 Å². The van der Waals surface area contributed by atoms with E-state index < -0.39 is 0 Å². The SMILES string of the molecule is c1ccc(-c2ccc(-c3nc(-c4cccc(-c5ccccc5)c4)nc(-n4c5ccccc5c5ccc(-c6cccc7c6oc6ccccc67)cc54)n3)cc2)cc1.c1ccc(-c2nc(-c3ccccc3)nc(-c3ccccc3-n3c4ccccc4c4ccc(-c5cccc6c5oc5ccccc56)cc43)n2)cc1.c1ccc(-c2nc(-c3ccccc3)nc(-n3c4ccccc4c4ccc(-c5cccc6c5oc5ccccc56)cc43)n2)cc1. The first-order chi connectivity index (χ1) is 74.4. The summed E-state index contributed by atoms with van der Waals surface area (Å²) in [5, 5.41) is 13.5. The average Bonchev–Trinajstić information content (AvgIpc) is 1.59. The summed E-state index contributed by atoms with van der Waals surface area (Å²) < 4.78 is 26.1. The van der Waals surface area contributed by atoms with E-state index in [0.717, 1.165) is 221 Å². The van der Waals surface area contributed by atoms with Crippen LogP contribution >= 0.6 is 0 Å². The van der Waals surface area contributed by atoms with E-state index >= 15 is 0 Å². The van der Waals surface area contributed by atoms with Gasteiger partial charge in [-0.1, -0.05) is 437 Å². The second-order valence-electron chi connectivity index (χ2n) is 37.3. The summed E-state index contributed by atoms with van der Waals surface area (Å²) in [7, 11) is 0. The first-order valence-corrected chi connectivity index (χ1v) is 50.1. The van der Waals surface area contributed by atoms with Crippen molar-refractivity contribution in [2.45, 2.75) is 0 Å². The molecule has 702 valence electrons. The molecule has 0 saturated heterocycles. The minimum atomic E-state index is 0.549. The molecule has 15 heteroatoms. The lowest BCUT2D eigenvalue weighted by atomic mass is 10.0. The fourth-order valence-electron chi connectivity index (χ4n) is 21.3. The highest BCUT2D eigenvalue weighted by molar-refractivity contribution is 6.17. The maximum Gasteiger partial charge on any atom is 0.238 e. The van der Waals surface area contributed by atoms with Crippen LogP contribution in [0.2, 0.25) is 0 Å². The van der Waals surface area contributed by atoms with Gasteiger partial charge in [0.15, 0.2) is 40.8 Å². The number of nitrogens with zero attached hydrogens (tertiary/aromatic N) is 12. The molecule has 0 N–H and O–H groups in total. The van der Waals surface area contributed by atoms with E-state index in [0.29, 0.717) is 52.7 Å². The highest BCUT2D eigenvalue weighted by Crippen LogP contribution is 2.47. The van der Waals surface area contributed by atoms with Gasteiger partial charge in [-0.3, -0.25) is 9.13 Å². The fraction of sp³-hybridized carbons (Fsp3) is 0. The van der Waals surface area contributed by atoms with Gasteiger partial charge in [0.1, 0.15) is 33.5 Å².